The van der Waals surface area contributed by atoms with Crippen molar-refractivity contribution >= 4 is 23.5 Å². The first-order valence-corrected chi connectivity index (χ1v) is 12.1. The average Bonchev–Trinajstić information content (AvgIpc) is 2.84. The molecule has 168 valence electrons. The van der Waals surface area contributed by atoms with Crippen LogP contribution in [0.15, 0.2) is 35.5 Å². The second kappa shape index (κ2) is 10.8. The Morgan fingerprint density at radius 3 is 2.94 bits per heavy atom. The molecule has 2 aromatic rings. The van der Waals surface area contributed by atoms with Gasteiger partial charge in [0.25, 0.3) is 0 Å². The molecule has 0 spiro atoms. The van der Waals surface area contributed by atoms with Crippen molar-refractivity contribution in [1.82, 2.24) is 20.2 Å². The van der Waals surface area contributed by atoms with Gasteiger partial charge in [-0.15, -0.1) is 0 Å². The maximum atomic E-state index is 12.5. The van der Waals surface area contributed by atoms with Gasteiger partial charge in [-0.2, -0.15) is 5.26 Å². The van der Waals surface area contributed by atoms with Crippen LogP contribution in [0.1, 0.15) is 23.2 Å². The zero-order chi connectivity index (χ0) is 22.3. The molecule has 1 atom stereocenters. The average molecular weight is 453 g/mol. The Hall–Kier alpha value is -2.67. The predicted molar refractivity (Wildman–Crippen MR) is 123 cm³/mol. The van der Waals surface area contributed by atoms with E-state index in [0.29, 0.717) is 19.5 Å². The number of carbonyl (C=O) groups excluding carboxylic acids is 1. The van der Waals surface area contributed by atoms with Crippen LogP contribution >= 0.6 is 11.8 Å². The van der Waals surface area contributed by atoms with Crippen LogP contribution in [-0.4, -0.2) is 65.9 Å². The quantitative estimate of drug-likeness (QED) is 0.384. The van der Waals surface area contributed by atoms with Crippen LogP contribution in [-0.2, 0) is 29.1 Å². The van der Waals surface area contributed by atoms with Crippen molar-refractivity contribution in [2.24, 2.45) is 0 Å². The minimum absolute atomic E-state index is 0.0527. The molecule has 0 unspecified atom stereocenters. The summed E-state index contributed by atoms with van der Waals surface area (Å²) in [6, 6.07) is 11.9. The molecule has 0 radical (unpaired) electrons. The van der Waals surface area contributed by atoms with Gasteiger partial charge in [0.15, 0.2) is 5.16 Å². The zero-order valence-corrected chi connectivity index (χ0v) is 19.1. The number of anilines is 1. The van der Waals surface area contributed by atoms with Crippen LogP contribution < -0.4 is 10.2 Å². The Balaban J connectivity index is 1.43. The standard InChI is InChI=1S/C23H28N6O2S/c1-32-23-26-20-13-25-10-8-19(20)22(27-23)29-12-11-28(18(14-29)7-9-24)15-21(30)31-16-17-5-3-2-4-6-17/h2-6,18,25H,7-8,10-16H2,1H3/t18-/m0/s1. The molecule has 8 nitrogen and oxygen atoms in total. The van der Waals surface area contributed by atoms with E-state index < -0.39 is 0 Å². The molecule has 0 aliphatic carbocycles. The van der Waals surface area contributed by atoms with E-state index in [4.69, 9.17) is 9.72 Å². The number of carbonyl (C=O) groups is 1. The van der Waals surface area contributed by atoms with Crippen LogP contribution in [0.5, 0.6) is 0 Å². The number of fused-ring (bicyclic) bond motifs is 1. The highest BCUT2D eigenvalue weighted by molar-refractivity contribution is 7.98. The summed E-state index contributed by atoms with van der Waals surface area (Å²) in [6.45, 7) is 4.21. The predicted octanol–water partition coefficient (Wildman–Crippen LogP) is 1.99. The van der Waals surface area contributed by atoms with E-state index in [1.807, 2.05) is 36.6 Å². The largest absolute Gasteiger partial charge is 0.460 e. The molecular weight excluding hydrogens is 424 g/mol. The molecule has 9 heteroatoms. The first-order valence-electron chi connectivity index (χ1n) is 10.9. The van der Waals surface area contributed by atoms with Gasteiger partial charge in [-0.05, 0) is 24.8 Å². The summed E-state index contributed by atoms with van der Waals surface area (Å²) >= 11 is 1.54. The Labute approximate surface area is 193 Å². The number of ether oxygens (including phenoxy) is 1. The molecule has 0 bridgehead atoms. The smallest absolute Gasteiger partial charge is 0.320 e. The Kier molecular flexibility index (Phi) is 7.58. The molecule has 1 aromatic heterocycles. The lowest BCUT2D eigenvalue weighted by Gasteiger charge is -2.41. The van der Waals surface area contributed by atoms with E-state index in [0.717, 1.165) is 48.3 Å². The number of nitrogens with one attached hydrogen (secondary N) is 1. The van der Waals surface area contributed by atoms with Gasteiger partial charge < -0.3 is 15.0 Å². The molecule has 4 rings (SSSR count). The SMILES string of the molecule is CSc1nc2c(c(N3CCN(CC(=O)OCc4ccccc4)[C@@H](CC#N)C3)n1)CCNC2. The minimum atomic E-state index is -0.264. The summed E-state index contributed by atoms with van der Waals surface area (Å²) in [5.74, 6) is 0.718. The maximum Gasteiger partial charge on any atom is 0.320 e. The van der Waals surface area contributed by atoms with Gasteiger partial charge in [0.1, 0.15) is 12.4 Å². The van der Waals surface area contributed by atoms with Crippen molar-refractivity contribution in [1.29, 1.82) is 5.26 Å². The molecule has 1 saturated heterocycles. The summed E-state index contributed by atoms with van der Waals surface area (Å²) in [5.41, 5.74) is 3.23. The maximum absolute atomic E-state index is 12.5. The van der Waals surface area contributed by atoms with E-state index in [1.54, 1.807) is 11.8 Å². The number of nitrogens with zero attached hydrogens (tertiary/aromatic N) is 5. The van der Waals surface area contributed by atoms with Crippen LogP contribution in [0.3, 0.4) is 0 Å². The highest BCUT2D eigenvalue weighted by atomic mass is 32.2. The Morgan fingerprint density at radius 2 is 2.16 bits per heavy atom. The van der Waals surface area contributed by atoms with E-state index in [2.05, 4.69) is 26.2 Å². The summed E-state index contributed by atoms with van der Waals surface area (Å²) in [7, 11) is 0. The second-order valence-electron chi connectivity index (χ2n) is 7.96. The molecule has 0 amide bonds. The van der Waals surface area contributed by atoms with E-state index in [9.17, 15) is 10.1 Å². The van der Waals surface area contributed by atoms with Gasteiger partial charge in [0.05, 0.1) is 24.7 Å². The Bertz CT molecular complexity index is 980. The first kappa shape index (κ1) is 22.5. The summed E-state index contributed by atoms with van der Waals surface area (Å²) in [4.78, 5) is 26.3. The monoisotopic (exact) mass is 452 g/mol. The topological polar surface area (TPSA) is 94.4 Å². The number of hydrogen-bond donors (Lipinski definition) is 1. The molecule has 32 heavy (non-hydrogen) atoms. The number of nitriles is 1. The summed E-state index contributed by atoms with van der Waals surface area (Å²) in [5, 5.41) is 13.6. The van der Waals surface area contributed by atoms with Gasteiger partial charge in [-0.25, -0.2) is 9.97 Å². The van der Waals surface area contributed by atoms with E-state index >= 15 is 0 Å². The van der Waals surface area contributed by atoms with Crippen LogP contribution in [0.2, 0.25) is 0 Å². The lowest BCUT2D eigenvalue weighted by Crippen LogP contribution is -2.55. The first-order chi connectivity index (χ1) is 15.7. The lowest BCUT2D eigenvalue weighted by atomic mass is 10.0. The van der Waals surface area contributed by atoms with Crippen molar-refractivity contribution in [2.75, 3.05) is 43.9 Å². The highest BCUT2D eigenvalue weighted by Gasteiger charge is 2.31. The van der Waals surface area contributed by atoms with Crippen molar-refractivity contribution in [3.05, 3.63) is 47.2 Å². The Morgan fingerprint density at radius 1 is 1.31 bits per heavy atom. The second-order valence-corrected chi connectivity index (χ2v) is 8.74. The fraction of sp³-hybridized carbons (Fsp3) is 0.478. The van der Waals surface area contributed by atoms with Crippen LogP contribution in [0, 0.1) is 11.3 Å². The molecule has 2 aliphatic heterocycles. The van der Waals surface area contributed by atoms with E-state index in [1.165, 1.54) is 5.56 Å². The third kappa shape index (κ3) is 5.38. The summed E-state index contributed by atoms with van der Waals surface area (Å²) in [6.07, 6.45) is 3.24. The number of rotatable bonds is 7. The molecular formula is C23H28N6O2S. The molecule has 2 aliphatic rings. The molecule has 1 aromatic carbocycles. The molecule has 3 heterocycles. The van der Waals surface area contributed by atoms with Crippen molar-refractivity contribution < 1.29 is 9.53 Å². The van der Waals surface area contributed by atoms with Crippen LogP contribution in [0.25, 0.3) is 0 Å². The molecule has 1 N–H and O–H groups in total. The number of benzene rings is 1. The lowest BCUT2D eigenvalue weighted by molar-refractivity contribution is -0.147. The van der Waals surface area contributed by atoms with E-state index in [-0.39, 0.29) is 25.2 Å². The number of hydrogen-bond acceptors (Lipinski definition) is 9. The van der Waals surface area contributed by atoms with Gasteiger partial charge in [0, 0.05) is 37.8 Å². The fourth-order valence-corrected chi connectivity index (χ4v) is 4.59. The van der Waals surface area contributed by atoms with Gasteiger partial charge in [0.2, 0.25) is 0 Å². The molecule has 1 fully saturated rings. The number of thioether (sulfide) groups is 1. The molecule has 0 saturated carbocycles. The van der Waals surface area contributed by atoms with Crippen LogP contribution in [0.4, 0.5) is 5.82 Å². The third-order valence-corrected chi connectivity index (χ3v) is 6.43. The van der Waals surface area contributed by atoms with Gasteiger partial charge >= 0.3 is 5.97 Å². The zero-order valence-electron chi connectivity index (χ0n) is 18.3. The number of esters is 1. The number of aromatic nitrogens is 2. The van der Waals surface area contributed by atoms with Crippen molar-refractivity contribution in [3.8, 4) is 6.07 Å². The fourth-order valence-electron chi connectivity index (χ4n) is 4.21. The summed E-state index contributed by atoms with van der Waals surface area (Å²) < 4.78 is 5.47. The minimum Gasteiger partial charge on any atom is -0.460 e. The third-order valence-electron chi connectivity index (χ3n) is 5.88. The van der Waals surface area contributed by atoms with Crippen molar-refractivity contribution in [3.63, 3.8) is 0 Å². The number of piperazine rings is 1. The van der Waals surface area contributed by atoms with Gasteiger partial charge in [-0.1, -0.05) is 42.1 Å². The van der Waals surface area contributed by atoms with Crippen molar-refractivity contribution in [2.45, 2.75) is 37.2 Å². The normalized spacial score (nSPS) is 18.6. The van der Waals surface area contributed by atoms with Gasteiger partial charge in [-0.3, -0.25) is 9.69 Å². The highest BCUT2D eigenvalue weighted by Crippen LogP contribution is 2.28.